The van der Waals surface area contributed by atoms with Crippen LogP contribution in [0.25, 0.3) is 0 Å². The average molecular weight is 288 g/mol. The van der Waals surface area contributed by atoms with E-state index in [0.717, 1.165) is 18.4 Å². The van der Waals surface area contributed by atoms with Crippen molar-refractivity contribution in [1.29, 1.82) is 0 Å². The van der Waals surface area contributed by atoms with Crippen molar-refractivity contribution in [3.63, 3.8) is 0 Å². The van der Waals surface area contributed by atoms with E-state index < -0.39 is 9.84 Å². The highest BCUT2D eigenvalue weighted by molar-refractivity contribution is 7.95. The van der Waals surface area contributed by atoms with Gasteiger partial charge < -0.3 is 0 Å². The summed E-state index contributed by atoms with van der Waals surface area (Å²) in [5.74, 6) is 2.57. The first-order chi connectivity index (χ1) is 9.48. The monoisotopic (exact) mass is 288 g/mol. The van der Waals surface area contributed by atoms with Gasteiger partial charge in [-0.1, -0.05) is 18.2 Å². The third kappa shape index (κ3) is 4.74. The maximum atomic E-state index is 12.6. The number of benzene rings is 1. The van der Waals surface area contributed by atoms with E-state index in [1.165, 1.54) is 0 Å². The van der Waals surface area contributed by atoms with Crippen LogP contribution in [-0.4, -0.2) is 8.42 Å². The zero-order chi connectivity index (χ0) is 15.0. The molecule has 20 heavy (non-hydrogen) atoms. The van der Waals surface area contributed by atoms with Gasteiger partial charge in [0.25, 0.3) is 0 Å². The van der Waals surface area contributed by atoms with Gasteiger partial charge in [-0.15, -0.1) is 18.1 Å². The van der Waals surface area contributed by atoms with Crippen molar-refractivity contribution in [3.05, 3.63) is 46.5 Å². The molecule has 0 aliphatic carbocycles. The SMILES string of the molecule is C#CCCCCC(=C=C(C)C)S(=O)(=O)c1ccccc1. The number of sulfone groups is 1. The number of rotatable bonds is 6. The van der Waals surface area contributed by atoms with Gasteiger partial charge in [-0.05, 0) is 50.8 Å². The summed E-state index contributed by atoms with van der Waals surface area (Å²) in [5.41, 5.74) is 3.85. The molecule has 1 aromatic rings. The summed E-state index contributed by atoms with van der Waals surface area (Å²) in [6.45, 7) is 3.70. The molecule has 3 heteroatoms. The highest BCUT2D eigenvalue weighted by atomic mass is 32.2. The Hall–Kier alpha value is -1.75. The Labute approximate surface area is 122 Å². The van der Waals surface area contributed by atoms with Gasteiger partial charge in [0.05, 0.1) is 9.80 Å². The summed E-state index contributed by atoms with van der Waals surface area (Å²) in [7, 11) is -3.45. The van der Waals surface area contributed by atoms with Crippen LogP contribution in [0.5, 0.6) is 0 Å². The Balaban J connectivity index is 3.07. The lowest BCUT2D eigenvalue weighted by Gasteiger charge is -2.07. The van der Waals surface area contributed by atoms with Crippen LogP contribution in [0.15, 0.2) is 51.4 Å². The van der Waals surface area contributed by atoms with E-state index in [2.05, 4.69) is 11.7 Å². The highest BCUT2D eigenvalue weighted by Gasteiger charge is 2.19. The largest absolute Gasteiger partial charge is 0.218 e. The first-order valence-electron chi connectivity index (χ1n) is 6.65. The van der Waals surface area contributed by atoms with Crippen LogP contribution in [0.4, 0.5) is 0 Å². The third-order valence-corrected chi connectivity index (χ3v) is 4.59. The molecule has 0 N–H and O–H groups in total. The number of terminal acetylenes is 1. The Morgan fingerprint density at radius 1 is 1.15 bits per heavy atom. The van der Waals surface area contributed by atoms with Crippen LogP contribution in [-0.2, 0) is 9.84 Å². The molecule has 0 aliphatic rings. The molecule has 0 atom stereocenters. The van der Waals surface area contributed by atoms with E-state index in [4.69, 9.17) is 6.42 Å². The fourth-order valence-corrected chi connectivity index (χ4v) is 3.35. The van der Waals surface area contributed by atoms with E-state index in [-0.39, 0.29) is 0 Å². The molecule has 0 bridgehead atoms. The summed E-state index contributed by atoms with van der Waals surface area (Å²) in [6.07, 6.45) is 7.94. The second-order valence-electron chi connectivity index (χ2n) is 4.78. The second-order valence-corrected chi connectivity index (χ2v) is 6.75. The zero-order valence-corrected chi connectivity index (χ0v) is 12.8. The molecular weight excluding hydrogens is 268 g/mol. The molecule has 1 aromatic carbocycles. The molecule has 106 valence electrons. The minimum Gasteiger partial charge on any atom is -0.218 e. The summed E-state index contributed by atoms with van der Waals surface area (Å²) >= 11 is 0. The van der Waals surface area contributed by atoms with Crippen LogP contribution in [0, 0.1) is 12.3 Å². The third-order valence-electron chi connectivity index (χ3n) is 2.74. The average Bonchev–Trinajstić information content (AvgIpc) is 2.42. The Kier molecular flexibility index (Phi) is 6.31. The van der Waals surface area contributed by atoms with Gasteiger partial charge in [-0.3, -0.25) is 0 Å². The van der Waals surface area contributed by atoms with Gasteiger partial charge in [-0.2, -0.15) is 0 Å². The molecule has 0 heterocycles. The maximum Gasteiger partial charge on any atom is 0.210 e. The lowest BCUT2D eigenvalue weighted by atomic mass is 10.2. The summed E-state index contributed by atoms with van der Waals surface area (Å²) in [6, 6.07) is 8.49. The predicted molar refractivity (Wildman–Crippen MR) is 82.8 cm³/mol. The van der Waals surface area contributed by atoms with Gasteiger partial charge in [0.15, 0.2) is 0 Å². The van der Waals surface area contributed by atoms with Crippen LogP contribution >= 0.6 is 0 Å². The Bertz CT molecular complexity index is 636. The van der Waals surface area contributed by atoms with E-state index in [1.807, 2.05) is 13.8 Å². The lowest BCUT2D eigenvalue weighted by molar-refractivity contribution is 0.598. The fourth-order valence-electron chi connectivity index (χ4n) is 1.80. The van der Waals surface area contributed by atoms with Crippen LogP contribution in [0.3, 0.4) is 0 Å². The molecule has 0 spiro atoms. The normalized spacial score (nSPS) is 10.4. The molecule has 0 aliphatic heterocycles. The molecule has 0 amide bonds. The van der Waals surface area contributed by atoms with Gasteiger partial charge in [0, 0.05) is 6.42 Å². The summed E-state index contributed by atoms with van der Waals surface area (Å²) < 4.78 is 25.2. The van der Waals surface area contributed by atoms with Crippen molar-refractivity contribution in [2.75, 3.05) is 0 Å². The molecule has 0 radical (unpaired) electrons. The lowest BCUT2D eigenvalue weighted by Crippen LogP contribution is -2.04. The molecule has 1 rings (SSSR count). The topological polar surface area (TPSA) is 34.1 Å². The van der Waals surface area contributed by atoms with Crippen molar-refractivity contribution in [2.45, 2.75) is 44.4 Å². The quantitative estimate of drug-likeness (QED) is 0.448. The summed E-state index contributed by atoms with van der Waals surface area (Å²) in [5, 5.41) is 0. The van der Waals surface area contributed by atoms with Crippen LogP contribution in [0.2, 0.25) is 0 Å². The van der Waals surface area contributed by atoms with Crippen molar-refractivity contribution in [2.24, 2.45) is 0 Å². The molecule has 0 saturated heterocycles. The number of allylic oxidation sites excluding steroid dienone is 1. The minimum atomic E-state index is -3.45. The smallest absolute Gasteiger partial charge is 0.210 e. The fraction of sp³-hybridized carbons (Fsp3) is 0.353. The van der Waals surface area contributed by atoms with E-state index in [9.17, 15) is 8.42 Å². The van der Waals surface area contributed by atoms with E-state index >= 15 is 0 Å². The van der Waals surface area contributed by atoms with Crippen molar-refractivity contribution >= 4 is 9.84 Å². The molecule has 2 nitrogen and oxygen atoms in total. The molecule has 0 aromatic heterocycles. The van der Waals surface area contributed by atoms with E-state index in [0.29, 0.717) is 22.6 Å². The van der Waals surface area contributed by atoms with Gasteiger partial charge >= 0.3 is 0 Å². The zero-order valence-electron chi connectivity index (χ0n) is 12.0. The highest BCUT2D eigenvalue weighted by Crippen LogP contribution is 2.23. The molecule has 0 unspecified atom stereocenters. The second kappa shape index (κ2) is 7.75. The van der Waals surface area contributed by atoms with Gasteiger partial charge in [0.1, 0.15) is 0 Å². The predicted octanol–water partition coefficient (Wildman–Crippen LogP) is 4.10. The van der Waals surface area contributed by atoms with Crippen molar-refractivity contribution < 1.29 is 8.42 Å². The molecular formula is C17H20O2S. The summed E-state index contributed by atoms with van der Waals surface area (Å²) in [4.78, 5) is 0.668. The minimum absolute atomic E-state index is 0.320. The first-order valence-corrected chi connectivity index (χ1v) is 8.13. The first kappa shape index (κ1) is 16.3. The number of unbranched alkanes of at least 4 members (excludes halogenated alkanes) is 2. The molecule has 0 fully saturated rings. The Morgan fingerprint density at radius 3 is 2.35 bits per heavy atom. The van der Waals surface area contributed by atoms with Crippen LogP contribution < -0.4 is 0 Å². The van der Waals surface area contributed by atoms with Crippen molar-refractivity contribution in [1.82, 2.24) is 0 Å². The maximum absolute atomic E-state index is 12.6. The van der Waals surface area contributed by atoms with Crippen LogP contribution in [0.1, 0.15) is 39.5 Å². The van der Waals surface area contributed by atoms with Crippen molar-refractivity contribution in [3.8, 4) is 12.3 Å². The van der Waals surface area contributed by atoms with E-state index in [1.54, 1.807) is 30.3 Å². The number of hydrogen-bond acceptors (Lipinski definition) is 2. The standard InChI is InChI=1S/C17H20O2S/c1-4-5-6-8-13-17(14-15(2)3)20(18,19)16-11-9-7-10-12-16/h1,7,9-12H,5-6,8,13H2,2-3H3. The molecule has 0 saturated carbocycles. The Morgan fingerprint density at radius 2 is 1.80 bits per heavy atom. The number of hydrogen-bond donors (Lipinski definition) is 0. The van der Waals surface area contributed by atoms with Gasteiger partial charge in [0.2, 0.25) is 9.84 Å². The van der Waals surface area contributed by atoms with Gasteiger partial charge in [-0.25, -0.2) is 8.42 Å².